The second kappa shape index (κ2) is 5.82. The second-order valence-corrected chi connectivity index (χ2v) is 2.83. The van der Waals surface area contributed by atoms with Crippen molar-refractivity contribution in [2.45, 2.75) is 13.8 Å². The lowest BCUT2D eigenvalue weighted by Gasteiger charge is -2.09. The summed E-state index contributed by atoms with van der Waals surface area (Å²) in [5.74, 6) is 1.50. The van der Waals surface area contributed by atoms with E-state index in [1.165, 1.54) is 0 Å². The van der Waals surface area contributed by atoms with Gasteiger partial charge < -0.3 is 14.8 Å². The van der Waals surface area contributed by atoms with Crippen LogP contribution in [-0.2, 0) is 0 Å². The monoisotopic (exact) mass is 205 g/mol. The molecule has 3 heteroatoms. The fourth-order valence-electron chi connectivity index (χ4n) is 1.23. The Bertz CT molecular complexity index is 331. The Morgan fingerprint density at radius 1 is 1.13 bits per heavy atom. The summed E-state index contributed by atoms with van der Waals surface area (Å²) in [6.45, 7) is 5.10. The van der Waals surface area contributed by atoms with Gasteiger partial charge in [-0.1, -0.05) is 6.42 Å². The van der Waals surface area contributed by atoms with Gasteiger partial charge in [-0.05, 0) is 13.8 Å². The summed E-state index contributed by atoms with van der Waals surface area (Å²) in [5.41, 5.74) is 0.798. The predicted octanol–water partition coefficient (Wildman–Crippen LogP) is 2.49. The Morgan fingerprint density at radius 2 is 1.67 bits per heavy atom. The molecule has 1 aromatic rings. The molecule has 0 saturated carbocycles. The molecule has 1 aromatic carbocycles. The molecule has 0 aliphatic rings. The molecule has 0 spiro atoms. The third-order valence-corrected chi connectivity index (χ3v) is 1.72. The average molecular weight is 205 g/mol. The smallest absolute Gasteiger partial charge is 0.125 e. The lowest BCUT2D eigenvalue weighted by molar-refractivity contribution is 0.323. The zero-order chi connectivity index (χ0) is 11.1. The van der Waals surface area contributed by atoms with Crippen molar-refractivity contribution < 1.29 is 9.47 Å². The van der Waals surface area contributed by atoms with Gasteiger partial charge in [0, 0.05) is 24.2 Å². The molecule has 3 nitrogen and oxygen atoms in total. The van der Waals surface area contributed by atoms with Gasteiger partial charge >= 0.3 is 0 Å². The molecular weight excluding hydrogens is 190 g/mol. The third kappa shape index (κ3) is 3.43. The number of rotatable bonds is 5. The molecule has 0 aliphatic carbocycles. The number of hydrogen-bond donors (Lipinski definition) is 1. The Hall–Kier alpha value is -1.82. The van der Waals surface area contributed by atoms with Gasteiger partial charge in [0.05, 0.1) is 18.9 Å². The second-order valence-electron chi connectivity index (χ2n) is 2.83. The van der Waals surface area contributed by atoms with Crippen molar-refractivity contribution in [3.63, 3.8) is 0 Å². The standard InChI is InChI=1S/C12H15NO2/c1-4-13-10-7-11(14-5-2)9-12(8-10)15-6-3/h1,7-9,13H,5-6H2,2-3H3. The Morgan fingerprint density at radius 3 is 2.07 bits per heavy atom. The molecule has 0 radical (unpaired) electrons. The third-order valence-electron chi connectivity index (χ3n) is 1.72. The molecule has 0 atom stereocenters. The van der Waals surface area contributed by atoms with Gasteiger partial charge in [-0.25, -0.2) is 0 Å². The van der Waals surface area contributed by atoms with Crippen LogP contribution in [0.3, 0.4) is 0 Å². The largest absolute Gasteiger partial charge is 0.494 e. The van der Waals surface area contributed by atoms with Crippen LogP contribution in [0, 0.1) is 12.5 Å². The van der Waals surface area contributed by atoms with E-state index in [1.807, 2.05) is 32.0 Å². The average Bonchev–Trinajstić information content (AvgIpc) is 2.19. The van der Waals surface area contributed by atoms with E-state index in [2.05, 4.69) is 11.4 Å². The zero-order valence-corrected chi connectivity index (χ0v) is 9.04. The van der Waals surface area contributed by atoms with E-state index in [1.54, 1.807) is 0 Å². The molecule has 0 fully saturated rings. The van der Waals surface area contributed by atoms with Crippen LogP contribution in [0.5, 0.6) is 11.5 Å². The summed E-state index contributed by atoms with van der Waals surface area (Å²) in [7, 11) is 0. The van der Waals surface area contributed by atoms with Crippen LogP contribution in [0.1, 0.15) is 13.8 Å². The highest BCUT2D eigenvalue weighted by Gasteiger charge is 2.01. The summed E-state index contributed by atoms with van der Waals surface area (Å²) in [5, 5.41) is 2.77. The molecule has 0 aliphatic heterocycles. The molecule has 1 rings (SSSR count). The molecule has 0 unspecified atom stereocenters. The first-order chi connectivity index (χ1) is 7.30. The normalized spacial score (nSPS) is 9.13. The maximum Gasteiger partial charge on any atom is 0.125 e. The van der Waals surface area contributed by atoms with Crippen molar-refractivity contribution in [1.82, 2.24) is 0 Å². The number of benzene rings is 1. The van der Waals surface area contributed by atoms with Gasteiger partial charge in [-0.2, -0.15) is 0 Å². The molecule has 1 N–H and O–H groups in total. The Labute approximate surface area is 90.4 Å². The number of nitrogens with one attached hydrogen (secondary N) is 1. The maximum atomic E-state index is 5.39. The van der Waals surface area contributed by atoms with Gasteiger partial charge in [0.2, 0.25) is 0 Å². The molecule has 0 bridgehead atoms. The predicted molar refractivity (Wildman–Crippen MR) is 61.2 cm³/mol. The van der Waals surface area contributed by atoms with E-state index in [0.717, 1.165) is 17.2 Å². The number of hydrogen-bond acceptors (Lipinski definition) is 3. The van der Waals surface area contributed by atoms with Gasteiger partial charge in [0.25, 0.3) is 0 Å². The fraction of sp³-hybridized carbons (Fsp3) is 0.333. The van der Waals surface area contributed by atoms with Gasteiger partial charge in [0.1, 0.15) is 11.5 Å². The number of terminal acetylenes is 1. The van der Waals surface area contributed by atoms with E-state index in [0.29, 0.717) is 13.2 Å². The van der Waals surface area contributed by atoms with Crippen LogP contribution in [0.4, 0.5) is 5.69 Å². The van der Waals surface area contributed by atoms with Crippen molar-refractivity contribution in [1.29, 1.82) is 0 Å². The Balaban J connectivity index is 2.92. The van der Waals surface area contributed by atoms with Crippen LogP contribution in [0.15, 0.2) is 18.2 Å². The molecule has 80 valence electrons. The number of anilines is 1. The van der Waals surface area contributed by atoms with Crippen molar-refractivity contribution >= 4 is 5.69 Å². The van der Waals surface area contributed by atoms with Crippen molar-refractivity contribution in [3.05, 3.63) is 18.2 Å². The van der Waals surface area contributed by atoms with E-state index >= 15 is 0 Å². The molecule has 0 aromatic heterocycles. The molecule has 0 saturated heterocycles. The molecule has 15 heavy (non-hydrogen) atoms. The van der Waals surface area contributed by atoms with Gasteiger partial charge in [-0.15, -0.1) is 0 Å². The SMILES string of the molecule is C#CNc1cc(OCC)cc(OCC)c1. The maximum absolute atomic E-state index is 5.39. The van der Waals surface area contributed by atoms with Crippen LogP contribution in [-0.4, -0.2) is 13.2 Å². The van der Waals surface area contributed by atoms with Crippen molar-refractivity contribution in [2.75, 3.05) is 18.5 Å². The molecule has 0 amide bonds. The van der Waals surface area contributed by atoms with E-state index < -0.39 is 0 Å². The summed E-state index contributed by atoms with van der Waals surface area (Å²) in [6.07, 6.45) is 5.17. The summed E-state index contributed by atoms with van der Waals surface area (Å²) in [6, 6.07) is 7.88. The van der Waals surface area contributed by atoms with E-state index in [4.69, 9.17) is 15.9 Å². The lowest BCUT2D eigenvalue weighted by atomic mass is 10.3. The topological polar surface area (TPSA) is 30.5 Å². The lowest BCUT2D eigenvalue weighted by Crippen LogP contribution is -1.97. The quantitative estimate of drug-likeness (QED) is 0.591. The van der Waals surface area contributed by atoms with Crippen LogP contribution < -0.4 is 14.8 Å². The van der Waals surface area contributed by atoms with Crippen LogP contribution in [0.25, 0.3) is 0 Å². The highest BCUT2D eigenvalue weighted by atomic mass is 16.5. The highest BCUT2D eigenvalue weighted by molar-refractivity contribution is 5.56. The van der Waals surface area contributed by atoms with Gasteiger partial charge in [0.15, 0.2) is 0 Å². The molecule has 0 heterocycles. The summed E-state index contributed by atoms with van der Waals surface area (Å²) in [4.78, 5) is 0. The van der Waals surface area contributed by atoms with Crippen LogP contribution in [0.2, 0.25) is 0 Å². The summed E-state index contributed by atoms with van der Waals surface area (Å²) < 4.78 is 10.8. The number of ether oxygens (including phenoxy) is 2. The summed E-state index contributed by atoms with van der Waals surface area (Å²) >= 11 is 0. The highest BCUT2D eigenvalue weighted by Crippen LogP contribution is 2.26. The first kappa shape index (κ1) is 11.3. The first-order valence-electron chi connectivity index (χ1n) is 4.92. The first-order valence-corrected chi connectivity index (χ1v) is 4.92. The van der Waals surface area contributed by atoms with Gasteiger partial charge in [-0.3, -0.25) is 0 Å². The molecular formula is C12H15NO2. The van der Waals surface area contributed by atoms with Crippen molar-refractivity contribution in [3.8, 4) is 24.0 Å². The van der Waals surface area contributed by atoms with Crippen LogP contribution >= 0.6 is 0 Å². The van der Waals surface area contributed by atoms with Crippen molar-refractivity contribution in [2.24, 2.45) is 0 Å². The van der Waals surface area contributed by atoms with E-state index in [9.17, 15) is 0 Å². The minimum Gasteiger partial charge on any atom is -0.494 e. The minimum absolute atomic E-state index is 0.616. The fourth-order valence-corrected chi connectivity index (χ4v) is 1.23. The zero-order valence-electron chi connectivity index (χ0n) is 9.04. The van der Waals surface area contributed by atoms with E-state index in [-0.39, 0.29) is 0 Å². The Kier molecular flexibility index (Phi) is 4.36. The minimum atomic E-state index is 0.616.